The van der Waals surface area contributed by atoms with E-state index in [0.717, 1.165) is 25.7 Å². The fraction of sp³-hybridized carbons (Fsp3) is 0.909. The average molecular weight is 496 g/mol. The van der Waals surface area contributed by atoms with Crippen molar-refractivity contribution in [3.8, 4) is 0 Å². The van der Waals surface area contributed by atoms with Crippen molar-refractivity contribution in [2.45, 2.75) is 126 Å². The molecular weight excluding hydrogens is 455 g/mol. The zero-order valence-electron chi connectivity index (χ0n) is 17.1. The van der Waals surface area contributed by atoms with Gasteiger partial charge in [-0.3, -0.25) is 9.59 Å². The van der Waals surface area contributed by atoms with Gasteiger partial charge in [0.05, 0.1) is 0 Å². The molecule has 0 fully saturated rings. The second kappa shape index (κ2) is 20.4. The van der Waals surface area contributed by atoms with Crippen molar-refractivity contribution in [2.24, 2.45) is 0 Å². The van der Waals surface area contributed by atoms with E-state index < -0.39 is 11.9 Å². The van der Waals surface area contributed by atoms with E-state index >= 15 is 0 Å². The third kappa shape index (κ3) is 21.8. The van der Waals surface area contributed by atoms with Crippen LogP contribution < -0.4 is 0 Å². The highest BCUT2D eigenvalue weighted by Crippen LogP contribution is 2.16. The standard InChI is InChI=1S/C22H41IO4/c23-20(22(26)27)18-16-14-12-10-8-6-4-2-1-3-5-7-9-11-13-15-17-19-21(24)25/h20H,1-19H2,(H,24,25)(H,26,27). The Morgan fingerprint density at radius 2 is 0.852 bits per heavy atom. The lowest BCUT2D eigenvalue weighted by atomic mass is 10.0. The summed E-state index contributed by atoms with van der Waals surface area (Å²) in [5, 5.41) is 17.4. The first kappa shape index (κ1) is 26.7. The predicted octanol–water partition coefficient (Wildman–Crippen LogP) is 7.37. The molecule has 0 bridgehead atoms. The number of hydrogen-bond donors (Lipinski definition) is 2. The summed E-state index contributed by atoms with van der Waals surface area (Å²) in [6, 6.07) is 0. The monoisotopic (exact) mass is 496 g/mol. The zero-order valence-corrected chi connectivity index (χ0v) is 19.3. The quantitative estimate of drug-likeness (QED) is 0.0988. The molecular formula is C22H41IO4. The van der Waals surface area contributed by atoms with Gasteiger partial charge in [-0.25, -0.2) is 0 Å². The minimum Gasteiger partial charge on any atom is -0.481 e. The highest BCUT2D eigenvalue weighted by Gasteiger charge is 2.11. The molecule has 0 saturated carbocycles. The van der Waals surface area contributed by atoms with Crippen molar-refractivity contribution in [2.75, 3.05) is 0 Å². The molecule has 0 aromatic heterocycles. The molecule has 5 heteroatoms. The lowest BCUT2D eigenvalue weighted by molar-refractivity contribution is -0.137. The van der Waals surface area contributed by atoms with Gasteiger partial charge in [-0.2, -0.15) is 0 Å². The predicted molar refractivity (Wildman–Crippen MR) is 121 cm³/mol. The van der Waals surface area contributed by atoms with Gasteiger partial charge in [-0.15, -0.1) is 0 Å². The smallest absolute Gasteiger partial charge is 0.316 e. The Bertz CT molecular complexity index is 360. The number of unbranched alkanes of at least 4 members (excludes halogenated alkanes) is 16. The molecule has 0 radical (unpaired) electrons. The van der Waals surface area contributed by atoms with Crippen molar-refractivity contribution in [1.82, 2.24) is 0 Å². The van der Waals surface area contributed by atoms with Crippen LogP contribution in [0.15, 0.2) is 0 Å². The topological polar surface area (TPSA) is 74.6 Å². The van der Waals surface area contributed by atoms with Gasteiger partial charge < -0.3 is 10.2 Å². The number of halogens is 1. The Kier molecular flexibility index (Phi) is 20.2. The van der Waals surface area contributed by atoms with Gasteiger partial charge in [0.2, 0.25) is 0 Å². The molecule has 0 aliphatic carbocycles. The van der Waals surface area contributed by atoms with Gasteiger partial charge >= 0.3 is 11.9 Å². The summed E-state index contributed by atoms with van der Waals surface area (Å²) in [5.74, 6) is -1.35. The maximum atomic E-state index is 10.7. The fourth-order valence-electron chi connectivity index (χ4n) is 3.37. The second-order valence-corrected chi connectivity index (χ2v) is 9.25. The van der Waals surface area contributed by atoms with Crippen LogP contribution in [0.3, 0.4) is 0 Å². The van der Waals surface area contributed by atoms with E-state index in [4.69, 9.17) is 10.2 Å². The highest BCUT2D eigenvalue weighted by molar-refractivity contribution is 14.1. The van der Waals surface area contributed by atoms with E-state index in [1.807, 2.05) is 22.6 Å². The lowest BCUT2D eigenvalue weighted by Gasteiger charge is -2.05. The van der Waals surface area contributed by atoms with Crippen LogP contribution in [0.25, 0.3) is 0 Å². The molecule has 0 spiro atoms. The van der Waals surface area contributed by atoms with Crippen LogP contribution in [-0.4, -0.2) is 26.1 Å². The third-order valence-corrected chi connectivity index (χ3v) is 6.27. The summed E-state index contributed by atoms with van der Waals surface area (Å²) in [7, 11) is 0. The van der Waals surface area contributed by atoms with Gasteiger partial charge in [-0.1, -0.05) is 125 Å². The minimum absolute atomic E-state index is 0.216. The van der Waals surface area contributed by atoms with Gasteiger partial charge in [0.25, 0.3) is 0 Å². The Hall–Kier alpha value is -0.330. The molecule has 0 aromatic rings. The van der Waals surface area contributed by atoms with Crippen molar-refractivity contribution >= 4 is 34.5 Å². The van der Waals surface area contributed by atoms with Crippen LogP contribution >= 0.6 is 22.6 Å². The van der Waals surface area contributed by atoms with Crippen molar-refractivity contribution in [3.05, 3.63) is 0 Å². The minimum atomic E-state index is -0.677. The first-order chi connectivity index (χ1) is 13.0. The SMILES string of the molecule is O=C(O)CCCCCCCCCCCCCCCCCCCC(I)C(=O)O. The Morgan fingerprint density at radius 3 is 1.15 bits per heavy atom. The number of alkyl halides is 1. The largest absolute Gasteiger partial charge is 0.481 e. The van der Waals surface area contributed by atoms with Gasteiger partial charge in [0.1, 0.15) is 3.92 Å². The first-order valence-electron chi connectivity index (χ1n) is 11.1. The van der Waals surface area contributed by atoms with Crippen LogP contribution in [0.2, 0.25) is 0 Å². The summed E-state index contributed by atoms with van der Waals surface area (Å²) in [6.45, 7) is 0. The summed E-state index contributed by atoms with van der Waals surface area (Å²) >= 11 is 2.02. The lowest BCUT2D eigenvalue weighted by Crippen LogP contribution is -2.11. The molecule has 0 rings (SSSR count). The molecule has 4 nitrogen and oxygen atoms in total. The van der Waals surface area contributed by atoms with Crippen LogP contribution in [0.1, 0.15) is 122 Å². The van der Waals surface area contributed by atoms with Gasteiger partial charge in [-0.05, 0) is 12.8 Å². The first-order valence-corrected chi connectivity index (χ1v) is 12.4. The van der Waals surface area contributed by atoms with Crippen molar-refractivity contribution < 1.29 is 19.8 Å². The molecule has 1 unspecified atom stereocenters. The Labute approximate surface area is 180 Å². The third-order valence-electron chi connectivity index (χ3n) is 5.12. The van der Waals surface area contributed by atoms with Gasteiger partial charge in [0, 0.05) is 6.42 Å². The molecule has 0 saturated heterocycles. The van der Waals surface area contributed by atoms with E-state index in [0.29, 0.717) is 6.42 Å². The summed E-state index contributed by atoms with van der Waals surface area (Å²) in [5.41, 5.74) is 0. The highest BCUT2D eigenvalue weighted by atomic mass is 127. The molecule has 0 aromatic carbocycles. The molecule has 27 heavy (non-hydrogen) atoms. The van der Waals surface area contributed by atoms with E-state index in [1.54, 1.807) is 0 Å². The maximum absolute atomic E-state index is 10.7. The zero-order chi connectivity index (χ0) is 20.2. The van der Waals surface area contributed by atoms with E-state index in [1.165, 1.54) is 89.9 Å². The number of aliphatic carboxylic acids is 2. The normalized spacial score (nSPS) is 12.2. The number of carboxylic acid groups (broad SMARTS) is 2. The molecule has 0 aliphatic rings. The van der Waals surface area contributed by atoms with Crippen molar-refractivity contribution in [3.63, 3.8) is 0 Å². The number of rotatable bonds is 21. The summed E-state index contributed by atoms with van der Waals surface area (Å²) < 4.78 is -0.216. The van der Waals surface area contributed by atoms with Crippen LogP contribution in [-0.2, 0) is 9.59 Å². The van der Waals surface area contributed by atoms with E-state index in [-0.39, 0.29) is 3.92 Å². The number of carbonyl (C=O) groups is 2. The van der Waals surface area contributed by atoms with Crippen LogP contribution in [0.4, 0.5) is 0 Å². The molecule has 0 aliphatic heterocycles. The van der Waals surface area contributed by atoms with E-state index in [9.17, 15) is 9.59 Å². The summed E-state index contributed by atoms with van der Waals surface area (Å²) in [6.07, 6.45) is 22.3. The Balaban J connectivity index is 3.07. The molecule has 2 N–H and O–H groups in total. The molecule has 0 amide bonds. The fourth-order valence-corrected chi connectivity index (χ4v) is 3.82. The summed E-state index contributed by atoms with van der Waals surface area (Å²) in [4.78, 5) is 21.1. The molecule has 1 atom stereocenters. The van der Waals surface area contributed by atoms with Crippen molar-refractivity contribution in [1.29, 1.82) is 0 Å². The van der Waals surface area contributed by atoms with Crippen LogP contribution in [0.5, 0.6) is 0 Å². The number of carboxylic acids is 2. The Morgan fingerprint density at radius 1 is 0.556 bits per heavy atom. The molecule has 160 valence electrons. The maximum Gasteiger partial charge on any atom is 0.316 e. The number of hydrogen-bond acceptors (Lipinski definition) is 2. The average Bonchev–Trinajstić information content (AvgIpc) is 2.63. The molecule has 0 heterocycles. The van der Waals surface area contributed by atoms with Crippen LogP contribution in [0, 0.1) is 0 Å². The van der Waals surface area contributed by atoms with E-state index in [2.05, 4.69) is 0 Å². The second-order valence-electron chi connectivity index (χ2n) is 7.75. The van der Waals surface area contributed by atoms with Gasteiger partial charge in [0.15, 0.2) is 0 Å².